The average molecular weight is 388 g/mol. The molecule has 0 saturated heterocycles. The number of nitrogens with two attached hydrogens (primary N) is 1. The lowest BCUT2D eigenvalue weighted by Crippen LogP contribution is -2.57. The molecule has 1 fully saturated rings. The quantitative estimate of drug-likeness (QED) is 0.497. The molecule has 1 aliphatic rings. The Morgan fingerprint density at radius 3 is 2.81 bits per heavy atom. The summed E-state index contributed by atoms with van der Waals surface area (Å²) in [5, 5.41) is 13.5. The van der Waals surface area contributed by atoms with E-state index in [0.29, 0.717) is 23.6 Å². The van der Waals surface area contributed by atoms with Gasteiger partial charge in [0.2, 0.25) is 0 Å². The molecule has 1 aliphatic carbocycles. The molecule has 27 heavy (non-hydrogen) atoms. The first-order chi connectivity index (χ1) is 13.0. The second-order valence-electron chi connectivity index (χ2n) is 6.70. The number of rotatable bonds is 7. The fourth-order valence-corrected chi connectivity index (χ4v) is 3.74. The van der Waals surface area contributed by atoms with E-state index in [1.54, 1.807) is 42.8 Å². The Morgan fingerprint density at radius 2 is 2.26 bits per heavy atom. The maximum Gasteiger partial charge on any atom is 0.270 e. The van der Waals surface area contributed by atoms with Crippen molar-refractivity contribution in [2.75, 3.05) is 19.4 Å². The number of thiazole rings is 1. The van der Waals surface area contributed by atoms with Gasteiger partial charge in [0.05, 0.1) is 22.0 Å². The van der Waals surface area contributed by atoms with Gasteiger partial charge in [0.15, 0.2) is 0 Å². The molecule has 1 saturated carbocycles. The van der Waals surface area contributed by atoms with Crippen LogP contribution in [0.25, 0.3) is 0 Å². The van der Waals surface area contributed by atoms with Crippen molar-refractivity contribution in [1.29, 1.82) is 0 Å². The minimum Gasteiger partial charge on any atom is -0.488 e. The molecule has 1 aromatic heterocycles. The normalized spacial score (nSPS) is 15.9. The lowest BCUT2D eigenvalue weighted by Gasteiger charge is -2.41. The molecule has 0 unspecified atom stereocenters. The highest BCUT2D eigenvalue weighted by atomic mass is 32.1. The molecular formula is C19H24N4O3S. The molecule has 0 bridgehead atoms. The summed E-state index contributed by atoms with van der Waals surface area (Å²) in [4.78, 5) is 22.1. The highest BCUT2D eigenvalue weighted by molar-refractivity contribution is 7.11. The number of hydrogen-bond donors (Lipinski definition) is 3. The van der Waals surface area contributed by atoms with Gasteiger partial charge in [-0.05, 0) is 44.4 Å². The molecule has 0 spiro atoms. The maximum absolute atomic E-state index is 12.7. The largest absolute Gasteiger partial charge is 0.488 e. The number of anilines is 1. The highest BCUT2D eigenvalue weighted by Crippen LogP contribution is 2.31. The zero-order valence-electron chi connectivity index (χ0n) is 15.5. The number of carbonyl (C=O) groups excluding carboxylic acids is 1. The summed E-state index contributed by atoms with van der Waals surface area (Å²) in [5.74, 6) is 0.257. The number of aromatic nitrogens is 1. The van der Waals surface area contributed by atoms with Gasteiger partial charge in [-0.3, -0.25) is 9.79 Å². The highest BCUT2D eigenvalue weighted by Gasteiger charge is 2.38. The third-order valence-corrected chi connectivity index (χ3v) is 5.65. The lowest BCUT2D eigenvalue weighted by atomic mass is 9.77. The maximum atomic E-state index is 12.7. The van der Waals surface area contributed by atoms with Crippen LogP contribution in [-0.2, 0) is 11.4 Å². The van der Waals surface area contributed by atoms with Crippen molar-refractivity contribution < 1.29 is 14.6 Å². The molecule has 3 rings (SSSR count). The van der Waals surface area contributed by atoms with Crippen LogP contribution in [0.2, 0.25) is 0 Å². The number of aryl methyl sites for hydroxylation is 1. The van der Waals surface area contributed by atoms with Crippen LogP contribution in [0.4, 0.5) is 5.69 Å². The van der Waals surface area contributed by atoms with Crippen LogP contribution in [0, 0.1) is 6.92 Å². The van der Waals surface area contributed by atoms with E-state index in [2.05, 4.69) is 15.3 Å². The van der Waals surface area contributed by atoms with Gasteiger partial charge < -0.3 is 20.9 Å². The molecular weight excluding hydrogens is 364 g/mol. The Labute approximate surface area is 162 Å². The third kappa shape index (κ3) is 4.28. The molecule has 4 N–H and O–H groups in total. The summed E-state index contributed by atoms with van der Waals surface area (Å²) in [5.41, 5.74) is 6.73. The average Bonchev–Trinajstić information content (AvgIpc) is 3.04. The van der Waals surface area contributed by atoms with Crippen LogP contribution in [0.15, 0.2) is 29.4 Å². The first-order valence-corrected chi connectivity index (χ1v) is 9.62. The second kappa shape index (κ2) is 8.06. The van der Waals surface area contributed by atoms with Crippen molar-refractivity contribution in [3.63, 3.8) is 0 Å². The van der Waals surface area contributed by atoms with E-state index in [4.69, 9.17) is 10.5 Å². The number of benzene rings is 1. The topological polar surface area (TPSA) is 110 Å². The Hall–Kier alpha value is -2.45. The molecule has 144 valence electrons. The summed E-state index contributed by atoms with van der Waals surface area (Å²) < 4.78 is 5.82. The van der Waals surface area contributed by atoms with Crippen molar-refractivity contribution in [2.45, 2.75) is 38.3 Å². The SMILES string of the molecule is CN=C(C(=O)NC1(CO)CCC1)c1cc(OCc2cnc(C)s2)ccc1N. The Morgan fingerprint density at radius 1 is 1.48 bits per heavy atom. The number of carbonyl (C=O) groups is 1. The number of aliphatic hydroxyl groups is 1. The van der Waals surface area contributed by atoms with E-state index >= 15 is 0 Å². The monoisotopic (exact) mass is 388 g/mol. The van der Waals surface area contributed by atoms with E-state index < -0.39 is 5.54 Å². The van der Waals surface area contributed by atoms with Crippen LogP contribution >= 0.6 is 11.3 Å². The van der Waals surface area contributed by atoms with Gasteiger partial charge in [-0.15, -0.1) is 11.3 Å². The van der Waals surface area contributed by atoms with Gasteiger partial charge in [-0.1, -0.05) is 0 Å². The van der Waals surface area contributed by atoms with Gasteiger partial charge in [0.25, 0.3) is 5.91 Å². The molecule has 0 atom stereocenters. The van der Waals surface area contributed by atoms with E-state index in [1.807, 2.05) is 6.92 Å². The summed E-state index contributed by atoms with van der Waals surface area (Å²) >= 11 is 1.58. The minimum absolute atomic E-state index is 0.0807. The first-order valence-electron chi connectivity index (χ1n) is 8.80. The molecule has 1 heterocycles. The van der Waals surface area contributed by atoms with Crippen molar-refractivity contribution >= 4 is 28.6 Å². The van der Waals surface area contributed by atoms with Crippen LogP contribution in [0.1, 0.15) is 34.7 Å². The van der Waals surface area contributed by atoms with Crippen molar-refractivity contribution in [3.05, 3.63) is 39.8 Å². The lowest BCUT2D eigenvalue weighted by molar-refractivity contribution is -0.118. The van der Waals surface area contributed by atoms with E-state index in [9.17, 15) is 9.90 Å². The summed E-state index contributed by atoms with van der Waals surface area (Å²) in [6.45, 7) is 2.26. The molecule has 0 aliphatic heterocycles. The molecule has 1 aromatic carbocycles. The fraction of sp³-hybridized carbons (Fsp3) is 0.421. The number of amides is 1. The standard InChI is InChI=1S/C19H24N4O3S/c1-12-22-9-14(27-12)10-26-13-4-5-16(20)15(8-13)17(21-2)18(25)23-19(11-24)6-3-7-19/h4-5,8-9,24H,3,6-7,10-11,20H2,1-2H3,(H,23,25). The van der Waals surface area contributed by atoms with Crippen molar-refractivity contribution in [1.82, 2.24) is 10.3 Å². The van der Waals surface area contributed by atoms with E-state index in [-0.39, 0.29) is 18.2 Å². The van der Waals surface area contributed by atoms with Gasteiger partial charge in [0, 0.05) is 24.5 Å². The number of hydrogen-bond acceptors (Lipinski definition) is 7. The zero-order chi connectivity index (χ0) is 19.4. The van der Waals surface area contributed by atoms with Gasteiger partial charge in [-0.25, -0.2) is 4.98 Å². The number of nitrogens with one attached hydrogen (secondary N) is 1. The summed E-state index contributed by atoms with van der Waals surface area (Å²) in [7, 11) is 1.55. The van der Waals surface area contributed by atoms with E-state index in [1.165, 1.54) is 0 Å². The number of nitrogen functional groups attached to an aromatic ring is 1. The van der Waals surface area contributed by atoms with Crippen molar-refractivity contribution in [3.8, 4) is 5.75 Å². The van der Waals surface area contributed by atoms with E-state index in [0.717, 1.165) is 29.1 Å². The summed E-state index contributed by atoms with van der Waals surface area (Å²) in [6, 6.07) is 5.18. The van der Waals surface area contributed by atoms with Crippen LogP contribution in [-0.4, -0.2) is 40.9 Å². The Kier molecular flexibility index (Phi) is 5.76. The predicted molar refractivity (Wildman–Crippen MR) is 106 cm³/mol. The number of ether oxygens (including phenoxy) is 1. The summed E-state index contributed by atoms with van der Waals surface area (Å²) in [6.07, 6.45) is 4.30. The van der Waals surface area contributed by atoms with Gasteiger partial charge in [-0.2, -0.15) is 0 Å². The second-order valence-corrected chi connectivity index (χ2v) is 8.02. The van der Waals surface area contributed by atoms with Crippen molar-refractivity contribution in [2.24, 2.45) is 4.99 Å². The number of aliphatic imine (C=N–C) groups is 1. The predicted octanol–water partition coefficient (Wildman–Crippen LogP) is 2.06. The van der Waals surface area contributed by atoms with Crippen LogP contribution in [0.5, 0.6) is 5.75 Å². The van der Waals surface area contributed by atoms with Gasteiger partial charge in [0.1, 0.15) is 18.1 Å². The Balaban J connectivity index is 1.76. The van der Waals surface area contributed by atoms with Crippen LogP contribution in [0.3, 0.4) is 0 Å². The molecule has 2 aromatic rings. The number of nitrogens with zero attached hydrogens (tertiary/aromatic N) is 2. The smallest absolute Gasteiger partial charge is 0.270 e. The molecule has 8 heteroatoms. The molecule has 7 nitrogen and oxygen atoms in total. The molecule has 0 radical (unpaired) electrons. The Bertz CT molecular complexity index is 853. The first kappa shape index (κ1) is 19.3. The van der Waals surface area contributed by atoms with Crippen LogP contribution < -0.4 is 15.8 Å². The zero-order valence-corrected chi connectivity index (χ0v) is 16.3. The minimum atomic E-state index is -0.542. The number of aliphatic hydroxyl groups excluding tert-OH is 1. The molecule has 1 amide bonds. The fourth-order valence-electron chi connectivity index (χ4n) is 3.03. The van der Waals surface area contributed by atoms with Gasteiger partial charge >= 0.3 is 0 Å². The third-order valence-electron chi connectivity index (χ3n) is 4.76.